The topological polar surface area (TPSA) is 51.2 Å². The van der Waals surface area contributed by atoms with E-state index >= 15 is 0 Å². The number of thiazole rings is 1. The van der Waals surface area contributed by atoms with Crippen LogP contribution in [0.3, 0.4) is 0 Å². The molecule has 0 saturated heterocycles. The van der Waals surface area contributed by atoms with Gasteiger partial charge in [0.1, 0.15) is 0 Å². The summed E-state index contributed by atoms with van der Waals surface area (Å²) in [6.07, 6.45) is 3.44. The Balaban J connectivity index is 2.19. The number of nitrogens with one attached hydrogen (secondary N) is 1. The molecule has 110 valence electrons. The van der Waals surface area contributed by atoms with Gasteiger partial charge in [-0.1, -0.05) is 29.8 Å². The third-order valence-electron chi connectivity index (χ3n) is 2.63. The minimum absolute atomic E-state index is 0.329. The monoisotopic (exact) mass is 322 g/mol. The van der Waals surface area contributed by atoms with Crippen LogP contribution in [0.5, 0.6) is 0 Å². The van der Waals surface area contributed by atoms with Crippen molar-refractivity contribution in [2.75, 3.05) is 18.5 Å². The summed E-state index contributed by atoms with van der Waals surface area (Å²) in [6.45, 7) is 2.44. The molecule has 2 aromatic rings. The molecule has 0 aliphatic heterocycles. The fourth-order valence-corrected chi connectivity index (χ4v) is 2.39. The highest BCUT2D eigenvalue weighted by molar-refractivity contribution is 7.13. The minimum atomic E-state index is -0.360. The van der Waals surface area contributed by atoms with Crippen LogP contribution in [-0.4, -0.2) is 24.1 Å². The Morgan fingerprint density at radius 3 is 2.95 bits per heavy atom. The zero-order chi connectivity index (χ0) is 15.1. The minimum Gasteiger partial charge on any atom is -0.463 e. The van der Waals surface area contributed by atoms with E-state index in [9.17, 15) is 4.79 Å². The fraction of sp³-hybridized carbons (Fsp3) is 0.200. The maximum absolute atomic E-state index is 12.0. The highest BCUT2D eigenvalue weighted by atomic mass is 35.5. The van der Waals surface area contributed by atoms with Crippen LogP contribution >= 0.6 is 22.9 Å². The highest BCUT2D eigenvalue weighted by Crippen LogP contribution is 2.19. The van der Waals surface area contributed by atoms with Crippen LogP contribution in [0.4, 0.5) is 5.13 Å². The Hall–Kier alpha value is -1.85. The van der Waals surface area contributed by atoms with Crippen molar-refractivity contribution in [3.63, 3.8) is 0 Å². The van der Waals surface area contributed by atoms with Crippen molar-refractivity contribution >= 4 is 40.1 Å². The van der Waals surface area contributed by atoms with E-state index < -0.39 is 0 Å². The van der Waals surface area contributed by atoms with Gasteiger partial charge in [0, 0.05) is 23.1 Å². The maximum Gasteiger partial charge on any atom is 0.335 e. The normalized spacial score (nSPS) is 11.2. The van der Waals surface area contributed by atoms with Crippen LogP contribution in [0.1, 0.15) is 12.5 Å². The van der Waals surface area contributed by atoms with Crippen LogP contribution in [0, 0.1) is 0 Å². The molecule has 1 aromatic heterocycles. The Labute approximate surface area is 132 Å². The molecule has 1 heterocycles. The Bertz CT molecular complexity index is 626. The summed E-state index contributed by atoms with van der Waals surface area (Å²) in [5, 5.41) is 6.31. The van der Waals surface area contributed by atoms with Crippen molar-refractivity contribution in [3.8, 4) is 0 Å². The fourth-order valence-electron chi connectivity index (χ4n) is 1.67. The third kappa shape index (κ3) is 4.58. The number of nitrogens with zero attached hydrogens (tertiary/aromatic N) is 1. The van der Waals surface area contributed by atoms with Crippen molar-refractivity contribution in [2.24, 2.45) is 0 Å². The number of halogens is 1. The first kappa shape index (κ1) is 15.5. The number of anilines is 1. The maximum atomic E-state index is 12.0. The van der Waals surface area contributed by atoms with Gasteiger partial charge in [0.05, 0.1) is 12.2 Å². The van der Waals surface area contributed by atoms with Gasteiger partial charge in [0.2, 0.25) is 0 Å². The number of aromatic nitrogens is 1. The van der Waals surface area contributed by atoms with Gasteiger partial charge in [-0.15, -0.1) is 11.3 Å². The summed E-state index contributed by atoms with van der Waals surface area (Å²) in [5.41, 5.74) is 1.28. The van der Waals surface area contributed by atoms with Crippen LogP contribution in [-0.2, 0) is 9.53 Å². The Kier molecular flexibility index (Phi) is 5.78. The first-order valence-electron chi connectivity index (χ1n) is 6.46. The van der Waals surface area contributed by atoms with E-state index in [1.807, 2.05) is 23.6 Å². The van der Waals surface area contributed by atoms with Crippen LogP contribution in [0.2, 0.25) is 5.02 Å². The first-order chi connectivity index (χ1) is 10.2. The zero-order valence-electron chi connectivity index (χ0n) is 11.5. The summed E-state index contributed by atoms with van der Waals surface area (Å²) in [6, 6.07) is 7.35. The smallest absolute Gasteiger partial charge is 0.335 e. The second kappa shape index (κ2) is 7.81. The summed E-state index contributed by atoms with van der Waals surface area (Å²) in [7, 11) is 0. The van der Waals surface area contributed by atoms with Crippen LogP contribution in [0.25, 0.3) is 6.08 Å². The number of carbonyl (C=O) groups is 1. The third-order valence-corrected chi connectivity index (χ3v) is 3.71. The van der Waals surface area contributed by atoms with E-state index in [-0.39, 0.29) is 5.97 Å². The van der Waals surface area contributed by atoms with Gasteiger partial charge in [-0.2, -0.15) is 0 Å². The number of hydrogen-bond acceptors (Lipinski definition) is 5. The molecule has 0 amide bonds. The van der Waals surface area contributed by atoms with Gasteiger partial charge in [-0.3, -0.25) is 0 Å². The molecule has 0 atom stereocenters. The summed E-state index contributed by atoms with van der Waals surface area (Å²) in [4.78, 5) is 16.1. The lowest BCUT2D eigenvalue weighted by Crippen LogP contribution is -2.15. The second-order valence-corrected chi connectivity index (χ2v) is 5.40. The summed E-state index contributed by atoms with van der Waals surface area (Å²) in [5.74, 6) is -0.360. The highest BCUT2D eigenvalue weighted by Gasteiger charge is 2.12. The number of carbonyl (C=O) groups excluding carboxylic acids is 1. The van der Waals surface area contributed by atoms with Gasteiger partial charge >= 0.3 is 5.97 Å². The van der Waals surface area contributed by atoms with Crippen LogP contribution < -0.4 is 5.32 Å². The lowest BCUT2D eigenvalue weighted by atomic mass is 10.1. The molecule has 0 spiro atoms. The summed E-state index contributed by atoms with van der Waals surface area (Å²) >= 11 is 7.59. The largest absolute Gasteiger partial charge is 0.463 e. The van der Waals surface area contributed by atoms with Crippen LogP contribution in [0.15, 0.2) is 41.4 Å². The van der Waals surface area contributed by atoms with Crippen molar-refractivity contribution in [1.82, 2.24) is 4.98 Å². The number of hydrogen-bond donors (Lipinski definition) is 1. The molecule has 0 aliphatic carbocycles. The van der Waals surface area contributed by atoms with Gasteiger partial charge in [0.25, 0.3) is 0 Å². The van der Waals surface area contributed by atoms with Crippen molar-refractivity contribution in [1.29, 1.82) is 0 Å². The van der Waals surface area contributed by atoms with Gasteiger partial charge < -0.3 is 10.1 Å². The average Bonchev–Trinajstić information content (AvgIpc) is 2.99. The van der Waals surface area contributed by atoms with Crippen molar-refractivity contribution in [3.05, 3.63) is 52.0 Å². The average molecular weight is 323 g/mol. The standard InChI is InChI=1S/C15H15ClN2O2S/c1-2-20-14(19)12(10-18-15-17-7-8-21-15)9-11-5-3-4-6-13(11)16/h3-9H,2,10H2,1H3,(H,17,18)/b12-9+. The molecule has 0 aliphatic rings. The molecule has 1 aromatic carbocycles. The van der Waals surface area contributed by atoms with E-state index in [1.54, 1.807) is 25.3 Å². The van der Waals surface area contributed by atoms with Crippen molar-refractivity contribution in [2.45, 2.75) is 6.92 Å². The molecule has 4 nitrogen and oxygen atoms in total. The van der Waals surface area contributed by atoms with E-state index in [4.69, 9.17) is 16.3 Å². The van der Waals surface area contributed by atoms with Gasteiger partial charge in [-0.25, -0.2) is 9.78 Å². The lowest BCUT2D eigenvalue weighted by molar-refractivity contribution is -0.138. The number of benzene rings is 1. The molecule has 0 radical (unpaired) electrons. The molecule has 6 heteroatoms. The first-order valence-corrected chi connectivity index (χ1v) is 7.72. The molecule has 0 unspecified atom stereocenters. The van der Waals surface area contributed by atoms with E-state index in [2.05, 4.69) is 10.3 Å². The van der Waals surface area contributed by atoms with E-state index in [0.717, 1.165) is 10.7 Å². The zero-order valence-corrected chi connectivity index (χ0v) is 13.1. The summed E-state index contributed by atoms with van der Waals surface area (Å²) < 4.78 is 5.08. The number of rotatable bonds is 6. The number of esters is 1. The molecular weight excluding hydrogens is 308 g/mol. The predicted octanol–water partition coefficient (Wildman–Crippen LogP) is 3.86. The van der Waals surface area contributed by atoms with Crippen molar-refractivity contribution < 1.29 is 9.53 Å². The molecule has 21 heavy (non-hydrogen) atoms. The Morgan fingerprint density at radius 2 is 2.29 bits per heavy atom. The molecule has 1 N–H and O–H groups in total. The molecule has 0 fully saturated rings. The Morgan fingerprint density at radius 1 is 1.48 bits per heavy atom. The van der Waals surface area contributed by atoms with Gasteiger partial charge in [-0.05, 0) is 24.6 Å². The quantitative estimate of drug-likeness (QED) is 0.648. The molecule has 2 rings (SSSR count). The molecule has 0 saturated carbocycles. The van der Waals surface area contributed by atoms with Gasteiger partial charge in [0.15, 0.2) is 5.13 Å². The second-order valence-electron chi connectivity index (χ2n) is 4.10. The van der Waals surface area contributed by atoms with E-state index in [1.165, 1.54) is 11.3 Å². The molecule has 0 bridgehead atoms. The predicted molar refractivity (Wildman–Crippen MR) is 86.7 cm³/mol. The number of ether oxygens (including phenoxy) is 1. The SMILES string of the molecule is CCOC(=O)/C(=C/c1ccccc1Cl)CNc1nccs1. The van der Waals surface area contributed by atoms with E-state index in [0.29, 0.717) is 23.7 Å². The molecular formula is C15H15ClN2O2S. The lowest BCUT2D eigenvalue weighted by Gasteiger charge is -2.08.